The van der Waals surface area contributed by atoms with Crippen LogP contribution in [-0.2, 0) is 31.9 Å². The molecule has 3 aromatic carbocycles. The Bertz CT molecular complexity index is 2640. The Morgan fingerprint density at radius 2 is 1.31 bits per heavy atom. The molecule has 6 nitrogen and oxygen atoms in total. The van der Waals surface area contributed by atoms with Crippen molar-refractivity contribution in [2.45, 2.75) is 52.4 Å². The summed E-state index contributed by atoms with van der Waals surface area (Å²) in [6.07, 6.45) is 7.46. The minimum Gasteiger partial charge on any atom is -0.476 e. The minimum absolute atomic E-state index is 0. The van der Waals surface area contributed by atoms with Crippen molar-refractivity contribution in [3.63, 3.8) is 0 Å². The van der Waals surface area contributed by atoms with Crippen molar-refractivity contribution in [3.8, 4) is 28.7 Å². The number of rotatable bonds is 5. The maximum Gasteiger partial charge on any atom is 2.00 e. The molecule has 0 fully saturated rings. The van der Waals surface area contributed by atoms with Crippen LogP contribution in [-0.4, -0.2) is 32.6 Å². The van der Waals surface area contributed by atoms with Crippen LogP contribution >= 0.6 is 0 Å². The zero-order valence-corrected chi connectivity index (χ0v) is 34.4. The molecule has 1 aliphatic rings. The van der Waals surface area contributed by atoms with Crippen LogP contribution in [0, 0.1) is 12.1 Å². The van der Waals surface area contributed by atoms with Gasteiger partial charge < -0.3 is 19.3 Å². The molecule has 8 aromatic rings. The molecular formula is C46H39N5OPtSi. The maximum absolute atomic E-state index is 6.54. The maximum atomic E-state index is 6.54. The van der Waals surface area contributed by atoms with Crippen LogP contribution in [0.1, 0.15) is 52.7 Å². The van der Waals surface area contributed by atoms with Crippen molar-refractivity contribution in [3.05, 3.63) is 151 Å². The molecule has 54 heavy (non-hydrogen) atoms. The number of para-hydroxylation sites is 1. The van der Waals surface area contributed by atoms with Crippen LogP contribution in [0.2, 0.25) is 0 Å². The van der Waals surface area contributed by atoms with E-state index in [4.69, 9.17) is 24.7 Å². The van der Waals surface area contributed by atoms with Crippen LogP contribution in [0.4, 0.5) is 0 Å². The van der Waals surface area contributed by atoms with Crippen molar-refractivity contribution >= 4 is 50.8 Å². The van der Waals surface area contributed by atoms with Gasteiger partial charge in [0.1, 0.15) is 19.8 Å². The number of ether oxygens (including phenoxy) is 1. The first kappa shape index (κ1) is 35.8. The Hall–Kier alpha value is -5.23. The molecule has 0 aliphatic carbocycles. The third-order valence-corrected chi connectivity index (χ3v) is 15.2. The molecule has 0 spiro atoms. The van der Waals surface area contributed by atoms with E-state index in [1.807, 2.05) is 30.7 Å². The van der Waals surface area contributed by atoms with E-state index in [9.17, 15) is 0 Å². The Labute approximate surface area is 331 Å². The van der Waals surface area contributed by atoms with E-state index < -0.39 is 8.07 Å². The Kier molecular flexibility index (Phi) is 8.78. The van der Waals surface area contributed by atoms with Crippen molar-refractivity contribution in [1.29, 1.82) is 0 Å². The predicted molar refractivity (Wildman–Crippen MR) is 216 cm³/mol. The van der Waals surface area contributed by atoms with Crippen molar-refractivity contribution in [2.75, 3.05) is 0 Å². The summed E-state index contributed by atoms with van der Waals surface area (Å²) in [6, 6.07) is 43.6. The summed E-state index contributed by atoms with van der Waals surface area (Å²) >= 11 is 0. The largest absolute Gasteiger partial charge is 2.00 e. The molecule has 9 rings (SSSR count). The summed E-state index contributed by atoms with van der Waals surface area (Å²) in [5, 5.41) is 6.85. The average Bonchev–Trinajstić information content (AvgIpc) is 3.65. The van der Waals surface area contributed by atoms with E-state index in [-0.39, 0.29) is 31.9 Å². The molecule has 0 amide bonds. The summed E-state index contributed by atoms with van der Waals surface area (Å²) in [4.78, 5) is 20.0. The van der Waals surface area contributed by atoms with E-state index >= 15 is 0 Å². The van der Waals surface area contributed by atoms with Crippen molar-refractivity contribution < 1.29 is 25.8 Å². The van der Waals surface area contributed by atoms with Gasteiger partial charge >= 0.3 is 21.1 Å². The zero-order valence-electron chi connectivity index (χ0n) is 31.1. The number of hydrogen-bond acceptors (Lipinski definition) is 5. The first-order valence-corrected chi connectivity index (χ1v) is 20.1. The molecule has 0 atom stereocenters. The van der Waals surface area contributed by atoms with Crippen molar-refractivity contribution in [2.24, 2.45) is 0 Å². The quantitative estimate of drug-likeness (QED) is 0.131. The van der Waals surface area contributed by atoms with Crippen LogP contribution in [0.3, 0.4) is 0 Å². The van der Waals surface area contributed by atoms with Gasteiger partial charge in [-0.1, -0.05) is 147 Å². The smallest absolute Gasteiger partial charge is 0.476 e. The van der Waals surface area contributed by atoms with Gasteiger partial charge in [0.05, 0.1) is 5.75 Å². The molecule has 0 N–H and O–H groups in total. The number of hydrogen-bond donors (Lipinski definition) is 0. The van der Waals surface area contributed by atoms with Crippen LogP contribution < -0.4 is 25.6 Å². The number of aromatic nitrogens is 5. The van der Waals surface area contributed by atoms with Gasteiger partial charge in [-0.05, 0) is 69.6 Å². The molecule has 268 valence electrons. The minimum atomic E-state index is -2.91. The molecule has 0 saturated carbocycles. The zero-order chi connectivity index (χ0) is 36.5. The van der Waals surface area contributed by atoms with E-state index in [2.05, 4.69) is 149 Å². The van der Waals surface area contributed by atoms with Gasteiger partial charge in [-0.15, -0.1) is 16.5 Å². The van der Waals surface area contributed by atoms with Crippen LogP contribution in [0.5, 0.6) is 11.6 Å². The predicted octanol–water partition coefficient (Wildman–Crippen LogP) is 7.71. The van der Waals surface area contributed by atoms with E-state index in [0.29, 0.717) is 11.6 Å². The second-order valence-corrected chi connectivity index (χ2v) is 19.5. The standard InChI is InChI=1S/C46H39N5OSi.Pt/c1-45(2,3)30-21-23-47-40(25-30)51-38-20-14-13-19-34(38)36-29-49-41(27-39(36)51)52-31-26-35-42-43(37(22-24-48-42)46(4,5)6)53(44(35)50-28-31,32-15-9-7-10-16-32)33-17-11-8-12-18-33;/h7-25,28-29H,1-6H3;/q-2;+2. The molecule has 5 aromatic heterocycles. The third kappa shape index (κ3) is 5.64. The third-order valence-electron chi connectivity index (χ3n) is 10.4. The summed E-state index contributed by atoms with van der Waals surface area (Å²) in [6.45, 7) is 13.5. The fourth-order valence-electron chi connectivity index (χ4n) is 7.97. The SMILES string of the molecule is CC(C)(C)c1ccnc(-n2c3[c-]c(Oc4[c-]c5c(nc4)[Si](c4ccccc4)(c4ccccc4)c4c(C(C)(C)C)ccnc4-5)ncc3c3ccccc32)c1.[Pt+2]. The Balaban J connectivity index is 0.00000413. The van der Waals surface area contributed by atoms with Gasteiger partial charge in [0, 0.05) is 17.9 Å². The van der Waals surface area contributed by atoms with Gasteiger partial charge in [0.25, 0.3) is 0 Å². The average molecular weight is 901 g/mol. The summed E-state index contributed by atoms with van der Waals surface area (Å²) in [5.74, 6) is 1.61. The second kappa shape index (κ2) is 13.3. The molecule has 0 saturated heterocycles. The van der Waals surface area contributed by atoms with E-state index in [1.165, 1.54) is 26.7 Å². The topological polar surface area (TPSA) is 65.7 Å². The number of fused-ring (bicyclic) bond motifs is 6. The fourth-order valence-corrected chi connectivity index (χ4v) is 13.3. The Morgan fingerprint density at radius 1 is 0.648 bits per heavy atom. The summed E-state index contributed by atoms with van der Waals surface area (Å²) < 4.78 is 8.68. The fraction of sp³-hybridized carbons (Fsp3) is 0.174. The molecule has 8 heteroatoms. The molecule has 0 unspecified atom stereocenters. The van der Waals surface area contributed by atoms with Gasteiger partial charge in [-0.2, -0.15) is 6.07 Å². The van der Waals surface area contributed by atoms with Gasteiger partial charge in [-0.3, -0.25) is 4.98 Å². The second-order valence-electron chi connectivity index (χ2n) is 15.8. The normalized spacial score (nSPS) is 13.4. The number of nitrogens with zero attached hydrogens (tertiary/aromatic N) is 5. The number of pyridine rings is 4. The molecule has 6 heterocycles. The Morgan fingerprint density at radius 3 is 2.00 bits per heavy atom. The summed E-state index contributed by atoms with van der Waals surface area (Å²) in [7, 11) is -2.91. The van der Waals surface area contributed by atoms with E-state index in [1.54, 1.807) is 6.20 Å². The monoisotopic (exact) mass is 900 g/mol. The summed E-state index contributed by atoms with van der Waals surface area (Å²) in [5.41, 5.74) is 5.97. The molecule has 1 aliphatic heterocycles. The number of benzene rings is 3. The van der Waals surface area contributed by atoms with Gasteiger partial charge in [0.2, 0.25) is 0 Å². The van der Waals surface area contributed by atoms with E-state index in [0.717, 1.165) is 44.2 Å². The molecule has 0 radical (unpaired) electrons. The van der Waals surface area contributed by atoms with Gasteiger partial charge in [0.15, 0.2) is 0 Å². The first-order valence-electron chi connectivity index (χ1n) is 18.1. The first-order chi connectivity index (χ1) is 25.5. The van der Waals surface area contributed by atoms with Crippen LogP contribution in [0.15, 0.2) is 128 Å². The molecule has 0 bridgehead atoms. The van der Waals surface area contributed by atoms with Gasteiger partial charge in [-0.25, -0.2) is 4.98 Å². The van der Waals surface area contributed by atoms with Crippen molar-refractivity contribution in [1.82, 2.24) is 24.5 Å². The van der Waals surface area contributed by atoms with Crippen LogP contribution in [0.25, 0.3) is 38.9 Å². The molecular weight excluding hydrogens is 862 g/mol.